The lowest BCUT2D eigenvalue weighted by Gasteiger charge is -2.04. The van der Waals surface area contributed by atoms with Gasteiger partial charge in [0, 0.05) is 41.8 Å². The Bertz CT molecular complexity index is 1020. The molecule has 0 aliphatic heterocycles. The largest absolute Gasteiger partial charge is 0.326 e. The Balaban J connectivity index is 1.62. The summed E-state index contributed by atoms with van der Waals surface area (Å²) in [6, 6.07) is 11.2. The molecule has 0 bridgehead atoms. The quantitative estimate of drug-likeness (QED) is 0.533. The highest BCUT2D eigenvalue weighted by atomic mass is 16.1. The van der Waals surface area contributed by atoms with Crippen molar-refractivity contribution in [3.05, 3.63) is 55.0 Å². The number of nitrogens with zero attached hydrogens (tertiary/aromatic N) is 4. The third kappa shape index (κ3) is 3.05. The molecule has 0 unspecified atom stereocenters. The minimum atomic E-state index is -0.102. The molecule has 4 aromatic rings. The molecule has 8 nitrogen and oxygen atoms in total. The van der Waals surface area contributed by atoms with E-state index < -0.39 is 0 Å². The van der Waals surface area contributed by atoms with Crippen molar-refractivity contribution < 1.29 is 4.79 Å². The number of anilines is 3. The van der Waals surface area contributed by atoms with Crippen LogP contribution in [0.3, 0.4) is 0 Å². The van der Waals surface area contributed by atoms with Crippen LogP contribution in [0.25, 0.3) is 16.8 Å². The molecule has 0 fully saturated rings. The molecule has 1 aromatic carbocycles. The van der Waals surface area contributed by atoms with E-state index in [1.165, 1.54) is 6.92 Å². The summed E-state index contributed by atoms with van der Waals surface area (Å²) in [5.74, 6) is 0.387. The van der Waals surface area contributed by atoms with Crippen molar-refractivity contribution in [2.75, 3.05) is 10.6 Å². The molecule has 1 amide bonds. The fourth-order valence-corrected chi connectivity index (χ4v) is 2.55. The average molecular weight is 333 g/mol. The van der Waals surface area contributed by atoms with Gasteiger partial charge in [-0.25, -0.2) is 4.52 Å². The zero-order chi connectivity index (χ0) is 17.2. The molecule has 3 heterocycles. The topological polar surface area (TPSA) is 100 Å². The van der Waals surface area contributed by atoms with E-state index in [1.807, 2.05) is 48.8 Å². The van der Waals surface area contributed by atoms with Crippen LogP contribution in [0.5, 0.6) is 0 Å². The zero-order valence-corrected chi connectivity index (χ0v) is 13.4. The third-order valence-electron chi connectivity index (χ3n) is 3.63. The molecular weight excluding hydrogens is 318 g/mol. The van der Waals surface area contributed by atoms with Crippen molar-refractivity contribution in [2.45, 2.75) is 6.92 Å². The third-order valence-corrected chi connectivity index (χ3v) is 3.63. The Hall–Kier alpha value is -3.68. The average Bonchev–Trinajstić information content (AvgIpc) is 3.24. The number of pyridine rings is 1. The minimum absolute atomic E-state index is 0.102. The molecule has 25 heavy (non-hydrogen) atoms. The van der Waals surface area contributed by atoms with Crippen LogP contribution in [0.2, 0.25) is 0 Å². The van der Waals surface area contributed by atoms with E-state index in [0.717, 1.165) is 28.1 Å². The number of aromatic amines is 1. The molecular formula is C17H15N7O. The normalized spacial score (nSPS) is 10.8. The van der Waals surface area contributed by atoms with Crippen molar-refractivity contribution in [1.82, 2.24) is 24.8 Å². The maximum Gasteiger partial charge on any atom is 0.247 e. The highest BCUT2D eigenvalue weighted by Crippen LogP contribution is 2.24. The van der Waals surface area contributed by atoms with Gasteiger partial charge in [0.05, 0.1) is 6.20 Å². The number of nitrogens with one attached hydrogen (secondary N) is 3. The highest BCUT2D eigenvalue weighted by Gasteiger charge is 2.10. The molecule has 0 atom stereocenters. The molecule has 0 saturated carbocycles. The first kappa shape index (κ1) is 14.9. The Kier molecular flexibility index (Phi) is 3.62. The Morgan fingerprint density at radius 3 is 2.68 bits per heavy atom. The second-order valence-electron chi connectivity index (χ2n) is 5.50. The van der Waals surface area contributed by atoms with Crippen LogP contribution in [-0.4, -0.2) is 30.7 Å². The van der Waals surface area contributed by atoms with Crippen LogP contribution in [-0.2, 0) is 4.79 Å². The summed E-state index contributed by atoms with van der Waals surface area (Å²) in [5.41, 5.74) is 4.20. The van der Waals surface area contributed by atoms with E-state index in [0.29, 0.717) is 5.95 Å². The first-order valence-corrected chi connectivity index (χ1v) is 7.68. The number of amides is 1. The molecule has 124 valence electrons. The second kappa shape index (κ2) is 6.08. The summed E-state index contributed by atoms with van der Waals surface area (Å²) in [6.45, 7) is 1.48. The van der Waals surface area contributed by atoms with E-state index in [2.05, 4.69) is 30.9 Å². The lowest BCUT2D eigenvalue weighted by atomic mass is 10.1. The van der Waals surface area contributed by atoms with E-state index in [9.17, 15) is 4.79 Å². The van der Waals surface area contributed by atoms with Gasteiger partial charge in [-0.1, -0.05) is 0 Å². The van der Waals surface area contributed by atoms with Crippen LogP contribution < -0.4 is 10.6 Å². The van der Waals surface area contributed by atoms with Crippen molar-refractivity contribution in [1.29, 1.82) is 0 Å². The van der Waals surface area contributed by atoms with Gasteiger partial charge in [-0.05, 0) is 36.4 Å². The van der Waals surface area contributed by atoms with Crippen LogP contribution in [0.1, 0.15) is 6.92 Å². The van der Waals surface area contributed by atoms with Gasteiger partial charge in [-0.3, -0.25) is 9.89 Å². The fraction of sp³-hybridized carbons (Fsp3) is 0.0588. The molecule has 0 spiro atoms. The molecule has 0 aliphatic rings. The van der Waals surface area contributed by atoms with Gasteiger partial charge in [0.15, 0.2) is 5.65 Å². The van der Waals surface area contributed by atoms with E-state index in [4.69, 9.17) is 0 Å². The van der Waals surface area contributed by atoms with Crippen LogP contribution in [0.15, 0.2) is 55.0 Å². The summed E-state index contributed by atoms with van der Waals surface area (Å²) in [7, 11) is 0. The molecule has 4 rings (SSSR count). The van der Waals surface area contributed by atoms with Gasteiger partial charge in [-0.15, -0.1) is 5.10 Å². The summed E-state index contributed by atoms with van der Waals surface area (Å²) < 4.78 is 1.72. The fourth-order valence-electron chi connectivity index (χ4n) is 2.55. The minimum Gasteiger partial charge on any atom is -0.326 e. The zero-order valence-electron chi connectivity index (χ0n) is 13.4. The first-order valence-electron chi connectivity index (χ1n) is 7.68. The predicted molar refractivity (Wildman–Crippen MR) is 94.6 cm³/mol. The van der Waals surface area contributed by atoms with Crippen LogP contribution >= 0.6 is 0 Å². The van der Waals surface area contributed by atoms with Gasteiger partial charge in [-0.2, -0.15) is 10.1 Å². The Morgan fingerprint density at radius 1 is 1.16 bits per heavy atom. The van der Waals surface area contributed by atoms with E-state index >= 15 is 0 Å². The van der Waals surface area contributed by atoms with Gasteiger partial charge in [0.1, 0.15) is 0 Å². The number of hydrogen-bond donors (Lipinski definition) is 3. The number of rotatable bonds is 4. The predicted octanol–water partition coefficient (Wildman–Crippen LogP) is 2.82. The van der Waals surface area contributed by atoms with E-state index in [1.54, 1.807) is 10.7 Å². The monoisotopic (exact) mass is 333 g/mol. The number of carbonyl (C=O) groups excluding carboxylic acids is 1. The Labute approximate surface area is 142 Å². The lowest BCUT2D eigenvalue weighted by molar-refractivity contribution is -0.114. The van der Waals surface area contributed by atoms with Gasteiger partial charge in [0.25, 0.3) is 0 Å². The number of aromatic nitrogens is 5. The number of fused-ring (bicyclic) bond motifs is 1. The molecule has 0 radical (unpaired) electrons. The lowest BCUT2D eigenvalue weighted by Crippen LogP contribution is -2.05. The second-order valence-corrected chi connectivity index (χ2v) is 5.50. The standard InChI is InChI=1S/C17H15N7O/c1-11(25)20-13-4-6-14(7-5-13)21-17-22-16-15(12-9-18-19-10-12)3-2-8-24(16)23-17/h2-10H,1H3,(H,18,19)(H,20,25)(H,21,23). The van der Waals surface area contributed by atoms with Crippen molar-refractivity contribution >= 4 is 28.9 Å². The summed E-state index contributed by atoms with van der Waals surface area (Å²) in [6.07, 6.45) is 5.41. The van der Waals surface area contributed by atoms with Crippen LogP contribution in [0, 0.1) is 0 Å². The number of carbonyl (C=O) groups is 1. The molecule has 3 aromatic heterocycles. The summed E-state index contributed by atoms with van der Waals surface area (Å²) in [4.78, 5) is 15.6. The van der Waals surface area contributed by atoms with Crippen molar-refractivity contribution in [3.63, 3.8) is 0 Å². The molecule has 8 heteroatoms. The highest BCUT2D eigenvalue weighted by molar-refractivity contribution is 5.88. The number of hydrogen-bond acceptors (Lipinski definition) is 5. The van der Waals surface area contributed by atoms with Crippen molar-refractivity contribution in [2.24, 2.45) is 0 Å². The maximum atomic E-state index is 11.1. The number of benzene rings is 1. The molecule has 0 aliphatic carbocycles. The summed E-state index contributed by atoms with van der Waals surface area (Å²) >= 11 is 0. The smallest absolute Gasteiger partial charge is 0.247 e. The van der Waals surface area contributed by atoms with Crippen LogP contribution in [0.4, 0.5) is 17.3 Å². The first-order chi connectivity index (χ1) is 12.2. The van der Waals surface area contributed by atoms with Crippen molar-refractivity contribution in [3.8, 4) is 11.1 Å². The Morgan fingerprint density at radius 2 is 1.96 bits per heavy atom. The maximum absolute atomic E-state index is 11.1. The van der Waals surface area contributed by atoms with E-state index in [-0.39, 0.29) is 5.91 Å². The SMILES string of the molecule is CC(=O)Nc1ccc(Nc2nc3c(-c4cn[nH]c4)cccn3n2)cc1. The number of H-pyrrole nitrogens is 1. The molecule has 3 N–H and O–H groups in total. The van der Waals surface area contributed by atoms with Gasteiger partial charge < -0.3 is 10.6 Å². The van der Waals surface area contributed by atoms with Gasteiger partial charge in [0.2, 0.25) is 11.9 Å². The van der Waals surface area contributed by atoms with Gasteiger partial charge >= 0.3 is 0 Å². The summed E-state index contributed by atoms with van der Waals surface area (Å²) in [5, 5.41) is 17.1. The molecule has 0 saturated heterocycles.